The summed E-state index contributed by atoms with van der Waals surface area (Å²) in [6.45, 7) is 1.77. The average molecular weight is 302 g/mol. The van der Waals surface area contributed by atoms with Gasteiger partial charge in [-0.2, -0.15) is 4.98 Å². The van der Waals surface area contributed by atoms with E-state index in [1.54, 1.807) is 29.9 Å². The summed E-state index contributed by atoms with van der Waals surface area (Å²) in [6.07, 6.45) is 3.37. The van der Waals surface area contributed by atoms with Gasteiger partial charge in [0.1, 0.15) is 5.82 Å². The second kappa shape index (κ2) is 5.61. The zero-order valence-electron chi connectivity index (χ0n) is 11.1. The minimum absolute atomic E-state index is 0.0909. The number of hydrogen-bond acceptors (Lipinski definition) is 5. The molecule has 0 aliphatic carbocycles. The van der Waals surface area contributed by atoms with Crippen LogP contribution in [0.3, 0.4) is 0 Å². The smallest absolute Gasteiger partial charge is 0.253 e. The number of benzene rings is 1. The van der Waals surface area contributed by atoms with Gasteiger partial charge in [-0.25, -0.2) is 13.9 Å². The zero-order chi connectivity index (χ0) is 14.8. The van der Waals surface area contributed by atoms with Gasteiger partial charge >= 0.3 is 0 Å². The minimum atomic E-state index is -0.368. The summed E-state index contributed by atoms with van der Waals surface area (Å²) in [5.41, 5.74) is 0.471. The molecule has 1 atom stereocenters. The molecule has 0 N–H and O–H groups in total. The molecule has 1 aromatic carbocycles. The second-order valence-electron chi connectivity index (χ2n) is 4.39. The van der Waals surface area contributed by atoms with Crippen molar-refractivity contribution in [1.82, 2.24) is 19.6 Å². The molecule has 0 aliphatic heterocycles. The summed E-state index contributed by atoms with van der Waals surface area (Å²) >= 11 is 1.25. The van der Waals surface area contributed by atoms with Crippen molar-refractivity contribution in [1.29, 1.82) is 0 Å². The van der Waals surface area contributed by atoms with Crippen LogP contribution >= 0.6 is 11.8 Å². The van der Waals surface area contributed by atoms with E-state index in [2.05, 4.69) is 15.1 Å². The molecule has 0 fully saturated rings. The lowest BCUT2D eigenvalue weighted by Crippen LogP contribution is -2.13. The maximum atomic E-state index is 12.9. The molecule has 2 aromatic heterocycles. The lowest BCUT2D eigenvalue weighted by atomic mass is 10.1. The van der Waals surface area contributed by atoms with E-state index >= 15 is 0 Å². The van der Waals surface area contributed by atoms with Gasteiger partial charge in [0.2, 0.25) is 5.16 Å². The van der Waals surface area contributed by atoms with E-state index in [-0.39, 0.29) is 16.9 Å². The van der Waals surface area contributed by atoms with Gasteiger partial charge in [-0.05, 0) is 37.3 Å². The normalized spacial score (nSPS) is 12.5. The molecule has 3 rings (SSSR count). The Morgan fingerprint density at radius 3 is 2.81 bits per heavy atom. The number of carbonyl (C=O) groups is 1. The Kier molecular flexibility index (Phi) is 3.66. The number of rotatable bonds is 4. The van der Waals surface area contributed by atoms with Gasteiger partial charge in [0.15, 0.2) is 5.78 Å². The van der Waals surface area contributed by atoms with Crippen LogP contribution in [-0.2, 0) is 0 Å². The van der Waals surface area contributed by atoms with Crippen molar-refractivity contribution in [2.75, 3.05) is 0 Å². The first-order chi connectivity index (χ1) is 10.1. The van der Waals surface area contributed by atoms with Gasteiger partial charge in [0.25, 0.3) is 5.78 Å². The summed E-state index contributed by atoms with van der Waals surface area (Å²) < 4.78 is 14.4. The third kappa shape index (κ3) is 2.92. The van der Waals surface area contributed by atoms with Crippen LogP contribution < -0.4 is 0 Å². The summed E-state index contributed by atoms with van der Waals surface area (Å²) in [5, 5.41) is 4.35. The summed E-state index contributed by atoms with van der Waals surface area (Å²) in [4.78, 5) is 20.6. The monoisotopic (exact) mass is 302 g/mol. The Morgan fingerprint density at radius 1 is 1.33 bits per heavy atom. The lowest BCUT2D eigenvalue weighted by Gasteiger charge is -2.07. The summed E-state index contributed by atoms with van der Waals surface area (Å²) in [6, 6.07) is 7.26. The highest BCUT2D eigenvalue weighted by Crippen LogP contribution is 2.23. The Balaban J connectivity index is 1.77. The highest BCUT2D eigenvalue weighted by Gasteiger charge is 2.19. The molecular formula is C14H11FN4OS. The number of carbonyl (C=O) groups excluding carboxylic acids is 1. The minimum Gasteiger partial charge on any atom is -0.293 e. The molecule has 0 spiro atoms. The van der Waals surface area contributed by atoms with Crippen molar-refractivity contribution >= 4 is 23.3 Å². The van der Waals surface area contributed by atoms with Crippen molar-refractivity contribution in [3.63, 3.8) is 0 Å². The van der Waals surface area contributed by atoms with Crippen LogP contribution in [0, 0.1) is 5.82 Å². The maximum Gasteiger partial charge on any atom is 0.253 e. The van der Waals surface area contributed by atoms with Gasteiger partial charge < -0.3 is 0 Å². The maximum absolute atomic E-state index is 12.9. The van der Waals surface area contributed by atoms with Crippen molar-refractivity contribution in [3.8, 4) is 0 Å². The molecule has 21 heavy (non-hydrogen) atoms. The average Bonchev–Trinajstić information content (AvgIpc) is 2.89. The van der Waals surface area contributed by atoms with Crippen LogP contribution in [0.2, 0.25) is 0 Å². The lowest BCUT2D eigenvalue weighted by molar-refractivity contribution is 0.0994. The number of nitrogens with zero attached hydrogens (tertiary/aromatic N) is 4. The molecule has 0 amide bonds. The number of halogens is 1. The fraction of sp³-hybridized carbons (Fsp3) is 0.143. The molecule has 0 radical (unpaired) electrons. The Hall–Kier alpha value is -2.28. The first-order valence-electron chi connectivity index (χ1n) is 6.27. The summed E-state index contributed by atoms with van der Waals surface area (Å²) in [5.74, 6) is 0.0354. The number of thioether (sulfide) groups is 1. The Labute approximate surface area is 124 Å². The fourth-order valence-electron chi connectivity index (χ4n) is 1.82. The highest BCUT2D eigenvalue weighted by atomic mass is 32.2. The zero-order valence-corrected chi connectivity index (χ0v) is 11.9. The molecular weight excluding hydrogens is 291 g/mol. The van der Waals surface area contributed by atoms with E-state index in [4.69, 9.17) is 0 Å². The molecule has 2 heterocycles. The molecule has 3 aromatic rings. The molecule has 5 nitrogen and oxygen atoms in total. The van der Waals surface area contributed by atoms with E-state index in [9.17, 15) is 9.18 Å². The van der Waals surface area contributed by atoms with E-state index in [1.807, 2.05) is 0 Å². The number of hydrogen-bond donors (Lipinski definition) is 0. The van der Waals surface area contributed by atoms with Crippen molar-refractivity contribution in [2.24, 2.45) is 0 Å². The van der Waals surface area contributed by atoms with Gasteiger partial charge in [-0.3, -0.25) is 4.79 Å². The van der Waals surface area contributed by atoms with E-state index in [0.29, 0.717) is 16.5 Å². The van der Waals surface area contributed by atoms with E-state index < -0.39 is 0 Å². The number of fused-ring (bicyclic) bond motifs is 1. The summed E-state index contributed by atoms with van der Waals surface area (Å²) in [7, 11) is 0. The van der Waals surface area contributed by atoms with Crippen molar-refractivity contribution in [3.05, 3.63) is 54.1 Å². The van der Waals surface area contributed by atoms with Gasteiger partial charge in [0, 0.05) is 18.0 Å². The van der Waals surface area contributed by atoms with E-state index in [0.717, 1.165) is 0 Å². The number of ketones is 1. The topological polar surface area (TPSA) is 60.1 Å². The van der Waals surface area contributed by atoms with Gasteiger partial charge in [0.05, 0.1) is 5.25 Å². The largest absolute Gasteiger partial charge is 0.293 e. The molecule has 106 valence electrons. The fourth-order valence-corrected chi connectivity index (χ4v) is 2.65. The molecule has 0 saturated heterocycles. The predicted molar refractivity (Wildman–Crippen MR) is 76.8 cm³/mol. The van der Waals surface area contributed by atoms with Crippen LogP contribution in [0.4, 0.5) is 4.39 Å². The number of Topliss-reactive ketones (excluding diaryl/α,β-unsaturated/α-hetero) is 1. The second-order valence-corrected chi connectivity index (χ2v) is 5.70. The van der Waals surface area contributed by atoms with Gasteiger partial charge in [-0.1, -0.05) is 11.8 Å². The third-order valence-electron chi connectivity index (χ3n) is 2.88. The Morgan fingerprint density at radius 2 is 2.10 bits per heavy atom. The predicted octanol–water partition coefficient (Wildman–Crippen LogP) is 2.63. The highest BCUT2D eigenvalue weighted by molar-refractivity contribution is 8.00. The van der Waals surface area contributed by atoms with Gasteiger partial charge in [-0.15, -0.1) is 5.10 Å². The van der Waals surface area contributed by atoms with E-state index in [1.165, 1.54) is 36.0 Å². The SMILES string of the molecule is C[C@H](Sc1nc2ncccn2n1)C(=O)c1ccc(F)cc1. The van der Waals surface area contributed by atoms with Crippen molar-refractivity contribution in [2.45, 2.75) is 17.3 Å². The van der Waals surface area contributed by atoms with Crippen LogP contribution in [0.5, 0.6) is 0 Å². The van der Waals surface area contributed by atoms with Crippen LogP contribution in [0.25, 0.3) is 5.78 Å². The van der Waals surface area contributed by atoms with Crippen LogP contribution in [0.1, 0.15) is 17.3 Å². The first kappa shape index (κ1) is 13.7. The third-order valence-corrected chi connectivity index (χ3v) is 3.83. The van der Waals surface area contributed by atoms with Crippen LogP contribution in [-0.4, -0.2) is 30.6 Å². The van der Waals surface area contributed by atoms with Crippen molar-refractivity contribution < 1.29 is 9.18 Å². The molecule has 0 saturated carbocycles. The Bertz CT molecular complexity index is 754. The molecule has 0 bridgehead atoms. The quantitative estimate of drug-likeness (QED) is 0.547. The molecule has 0 unspecified atom stereocenters. The number of aromatic nitrogens is 4. The first-order valence-corrected chi connectivity index (χ1v) is 7.15. The molecule has 0 aliphatic rings. The molecule has 7 heteroatoms. The van der Waals surface area contributed by atoms with Crippen LogP contribution in [0.15, 0.2) is 47.9 Å². The standard InChI is InChI=1S/C14H11FN4OS/c1-9(12(20)10-3-5-11(15)6-4-10)21-14-17-13-16-7-2-8-19(13)18-14/h2-9H,1H3/t9-/m0/s1.